The molecule has 1 fully saturated rings. The zero-order chi connectivity index (χ0) is 19.8. The molecule has 0 spiro atoms. The van der Waals surface area contributed by atoms with Gasteiger partial charge in [-0.25, -0.2) is 0 Å². The number of piperazine rings is 1. The Morgan fingerprint density at radius 2 is 1.79 bits per heavy atom. The molecule has 0 atom stereocenters. The summed E-state index contributed by atoms with van der Waals surface area (Å²) in [5.74, 6) is -0.518. The highest BCUT2D eigenvalue weighted by molar-refractivity contribution is 7.12. The van der Waals surface area contributed by atoms with E-state index in [1.54, 1.807) is 17.4 Å². The summed E-state index contributed by atoms with van der Waals surface area (Å²) >= 11 is 1.61. The van der Waals surface area contributed by atoms with Gasteiger partial charge in [0.05, 0.1) is 0 Å². The van der Waals surface area contributed by atoms with Crippen LogP contribution in [0, 0.1) is 6.92 Å². The van der Waals surface area contributed by atoms with Gasteiger partial charge in [-0.3, -0.25) is 25.3 Å². The molecule has 0 bridgehead atoms. The van der Waals surface area contributed by atoms with E-state index in [0.717, 1.165) is 31.1 Å². The van der Waals surface area contributed by atoms with Gasteiger partial charge in [0.15, 0.2) is 0 Å². The van der Waals surface area contributed by atoms with Crippen LogP contribution in [-0.4, -0.2) is 49.4 Å². The van der Waals surface area contributed by atoms with Crippen LogP contribution in [0.3, 0.4) is 0 Å². The number of hydrogen-bond donors (Lipinski definition) is 2. The van der Waals surface area contributed by atoms with E-state index in [2.05, 4.69) is 44.9 Å². The van der Waals surface area contributed by atoms with Crippen LogP contribution in [0.25, 0.3) is 6.08 Å². The number of hydrazine groups is 1. The average Bonchev–Trinajstić information content (AvgIpc) is 3.15. The molecule has 1 aromatic carbocycles. The molecular formula is C21H26N4O2S. The van der Waals surface area contributed by atoms with Crippen molar-refractivity contribution in [2.75, 3.05) is 37.6 Å². The maximum atomic E-state index is 12.0. The minimum absolute atomic E-state index is 0.181. The van der Waals surface area contributed by atoms with Crippen molar-refractivity contribution >= 4 is 34.9 Å². The van der Waals surface area contributed by atoms with Crippen LogP contribution in [0.5, 0.6) is 0 Å². The summed E-state index contributed by atoms with van der Waals surface area (Å²) in [6.07, 6.45) is 3.53. The second kappa shape index (κ2) is 10.1. The molecule has 0 aliphatic carbocycles. The standard InChI is InChI=1S/C21H26N4O2S/c1-17-7-8-19(28-17)9-10-20(26)22-23-21(27)11-12-24-13-15-25(16-14-24)18-5-3-2-4-6-18/h2-10H,11-16H2,1H3,(H,22,26)(H,23,27)/b10-9+. The topological polar surface area (TPSA) is 64.7 Å². The first kappa shape index (κ1) is 20.1. The van der Waals surface area contributed by atoms with Crippen molar-refractivity contribution in [3.8, 4) is 0 Å². The number of anilines is 1. The lowest BCUT2D eigenvalue weighted by Crippen LogP contribution is -2.48. The fourth-order valence-electron chi connectivity index (χ4n) is 3.06. The molecule has 2 amide bonds. The number of benzene rings is 1. The second-order valence-electron chi connectivity index (χ2n) is 6.73. The number of rotatable bonds is 6. The van der Waals surface area contributed by atoms with Crippen LogP contribution in [-0.2, 0) is 9.59 Å². The Kier molecular flexibility index (Phi) is 7.22. The van der Waals surface area contributed by atoms with Gasteiger partial charge in [-0.2, -0.15) is 0 Å². The monoisotopic (exact) mass is 398 g/mol. The fraction of sp³-hybridized carbons (Fsp3) is 0.333. The summed E-state index contributed by atoms with van der Waals surface area (Å²) in [6, 6.07) is 14.3. The summed E-state index contributed by atoms with van der Waals surface area (Å²) in [7, 11) is 0. The Labute approximate surface area is 169 Å². The molecule has 1 aromatic heterocycles. The van der Waals surface area contributed by atoms with Crippen molar-refractivity contribution in [1.82, 2.24) is 15.8 Å². The quantitative estimate of drug-likeness (QED) is 0.579. The molecule has 0 radical (unpaired) electrons. The number of thiophene rings is 1. The highest BCUT2D eigenvalue weighted by Gasteiger charge is 2.17. The van der Waals surface area contributed by atoms with Crippen LogP contribution in [0.15, 0.2) is 48.5 Å². The van der Waals surface area contributed by atoms with E-state index in [4.69, 9.17) is 0 Å². The van der Waals surface area contributed by atoms with Gasteiger partial charge in [0.2, 0.25) is 5.91 Å². The smallest absolute Gasteiger partial charge is 0.262 e. The zero-order valence-corrected chi connectivity index (χ0v) is 16.9. The van der Waals surface area contributed by atoms with E-state index in [9.17, 15) is 9.59 Å². The molecule has 0 unspecified atom stereocenters. The van der Waals surface area contributed by atoms with E-state index in [1.807, 2.05) is 25.1 Å². The van der Waals surface area contributed by atoms with Crippen molar-refractivity contribution in [3.05, 3.63) is 58.3 Å². The first-order chi connectivity index (χ1) is 13.6. The SMILES string of the molecule is Cc1ccc(/C=C/C(=O)NNC(=O)CCN2CCN(c3ccccc3)CC2)s1. The van der Waals surface area contributed by atoms with Gasteiger partial charge < -0.3 is 4.90 Å². The molecule has 148 valence electrons. The molecule has 1 saturated heterocycles. The Bertz CT molecular complexity index is 811. The van der Waals surface area contributed by atoms with Gasteiger partial charge in [-0.05, 0) is 37.3 Å². The van der Waals surface area contributed by atoms with E-state index in [1.165, 1.54) is 16.6 Å². The fourth-order valence-corrected chi connectivity index (χ4v) is 3.84. The molecule has 2 aromatic rings. The number of nitrogens with zero attached hydrogens (tertiary/aromatic N) is 2. The predicted molar refractivity (Wildman–Crippen MR) is 114 cm³/mol. The number of hydrogen-bond acceptors (Lipinski definition) is 5. The zero-order valence-electron chi connectivity index (χ0n) is 16.1. The first-order valence-electron chi connectivity index (χ1n) is 9.46. The largest absolute Gasteiger partial charge is 0.369 e. The molecule has 6 nitrogen and oxygen atoms in total. The summed E-state index contributed by atoms with van der Waals surface area (Å²) in [5.41, 5.74) is 6.15. The summed E-state index contributed by atoms with van der Waals surface area (Å²) in [6.45, 7) is 6.47. The highest BCUT2D eigenvalue weighted by Crippen LogP contribution is 2.16. The Morgan fingerprint density at radius 1 is 1.04 bits per heavy atom. The van der Waals surface area contributed by atoms with Crippen LogP contribution in [0.1, 0.15) is 16.2 Å². The third-order valence-electron chi connectivity index (χ3n) is 4.63. The van der Waals surface area contributed by atoms with Crippen molar-refractivity contribution < 1.29 is 9.59 Å². The minimum atomic E-state index is -0.337. The average molecular weight is 399 g/mol. The van der Waals surface area contributed by atoms with Gasteiger partial charge >= 0.3 is 0 Å². The van der Waals surface area contributed by atoms with Gasteiger partial charge in [0, 0.05) is 60.7 Å². The van der Waals surface area contributed by atoms with E-state index >= 15 is 0 Å². The molecule has 1 aliphatic rings. The Balaban J connectivity index is 1.31. The number of amides is 2. The van der Waals surface area contributed by atoms with Crippen molar-refractivity contribution in [2.24, 2.45) is 0 Å². The molecule has 2 N–H and O–H groups in total. The lowest BCUT2D eigenvalue weighted by atomic mass is 10.2. The van der Waals surface area contributed by atoms with Crippen LogP contribution in [0.4, 0.5) is 5.69 Å². The third-order valence-corrected chi connectivity index (χ3v) is 5.60. The molecule has 7 heteroatoms. The molecule has 28 heavy (non-hydrogen) atoms. The first-order valence-corrected chi connectivity index (χ1v) is 10.3. The summed E-state index contributed by atoms with van der Waals surface area (Å²) in [4.78, 5) is 30.6. The van der Waals surface area contributed by atoms with E-state index in [-0.39, 0.29) is 11.8 Å². The van der Waals surface area contributed by atoms with Crippen molar-refractivity contribution in [2.45, 2.75) is 13.3 Å². The lowest BCUT2D eigenvalue weighted by Gasteiger charge is -2.36. The predicted octanol–water partition coefficient (Wildman–Crippen LogP) is 2.43. The van der Waals surface area contributed by atoms with Crippen LogP contribution < -0.4 is 15.8 Å². The molecule has 1 aliphatic heterocycles. The molecule has 0 saturated carbocycles. The minimum Gasteiger partial charge on any atom is -0.369 e. The van der Waals surface area contributed by atoms with Crippen LogP contribution >= 0.6 is 11.3 Å². The van der Waals surface area contributed by atoms with Gasteiger partial charge in [-0.15, -0.1) is 11.3 Å². The number of aryl methyl sites for hydroxylation is 1. The van der Waals surface area contributed by atoms with Crippen LogP contribution in [0.2, 0.25) is 0 Å². The molecule has 2 heterocycles. The highest BCUT2D eigenvalue weighted by atomic mass is 32.1. The second-order valence-corrected chi connectivity index (χ2v) is 8.05. The summed E-state index contributed by atoms with van der Waals surface area (Å²) in [5, 5.41) is 0. The van der Waals surface area contributed by atoms with Gasteiger partial charge in [-0.1, -0.05) is 18.2 Å². The van der Waals surface area contributed by atoms with Crippen molar-refractivity contribution in [1.29, 1.82) is 0 Å². The third kappa shape index (κ3) is 6.21. The lowest BCUT2D eigenvalue weighted by molar-refractivity contribution is -0.127. The number of nitrogens with one attached hydrogen (secondary N) is 2. The van der Waals surface area contributed by atoms with Gasteiger partial charge in [0.1, 0.15) is 0 Å². The Hall–Kier alpha value is -2.64. The van der Waals surface area contributed by atoms with E-state index in [0.29, 0.717) is 13.0 Å². The number of para-hydroxylation sites is 1. The molecular weight excluding hydrogens is 372 g/mol. The van der Waals surface area contributed by atoms with Crippen molar-refractivity contribution in [3.63, 3.8) is 0 Å². The maximum Gasteiger partial charge on any atom is 0.262 e. The maximum absolute atomic E-state index is 12.0. The van der Waals surface area contributed by atoms with E-state index < -0.39 is 0 Å². The van der Waals surface area contributed by atoms with Gasteiger partial charge in [0.25, 0.3) is 5.91 Å². The number of carbonyl (C=O) groups is 2. The number of carbonyl (C=O) groups excluding carboxylic acids is 2. The Morgan fingerprint density at radius 3 is 2.46 bits per heavy atom. The normalized spacial score (nSPS) is 15.0. The summed E-state index contributed by atoms with van der Waals surface area (Å²) < 4.78 is 0. The molecule has 3 rings (SSSR count).